The standard InChI is InChI=1S/C10H20O5Si/c1-5-6-8-15-10(11)7-9-16(12-2,13-3)14-4/h7,9H,5-6,8H2,1-4H3. The SMILES string of the molecule is CCCCOC(=O)C=C[Si](OC)(OC)OC. The molecule has 0 fully saturated rings. The van der Waals surface area contributed by atoms with E-state index in [1.54, 1.807) is 0 Å². The van der Waals surface area contributed by atoms with Crippen molar-refractivity contribution in [2.45, 2.75) is 19.8 Å². The molecule has 0 atom stereocenters. The van der Waals surface area contributed by atoms with Crippen LogP contribution in [0.15, 0.2) is 11.8 Å². The van der Waals surface area contributed by atoms with Gasteiger partial charge in [0.15, 0.2) is 0 Å². The van der Waals surface area contributed by atoms with E-state index in [1.165, 1.54) is 33.1 Å². The summed E-state index contributed by atoms with van der Waals surface area (Å²) in [5.41, 5.74) is 1.50. The molecule has 0 aliphatic carbocycles. The fraction of sp³-hybridized carbons (Fsp3) is 0.700. The van der Waals surface area contributed by atoms with Crippen molar-refractivity contribution in [2.75, 3.05) is 27.9 Å². The van der Waals surface area contributed by atoms with Crippen LogP contribution >= 0.6 is 0 Å². The van der Waals surface area contributed by atoms with Crippen LogP contribution < -0.4 is 0 Å². The Morgan fingerprint density at radius 3 is 2.19 bits per heavy atom. The molecule has 0 bridgehead atoms. The molecule has 0 rings (SSSR count). The van der Waals surface area contributed by atoms with Crippen LogP contribution in [-0.2, 0) is 22.8 Å². The van der Waals surface area contributed by atoms with E-state index < -0.39 is 14.8 Å². The molecule has 0 unspecified atom stereocenters. The first-order valence-electron chi connectivity index (χ1n) is 5.15. The fourth-order valence-corrected chi connectivity index (χ4v) is 2.24. The largest absolute Gasteiger partial charge is 0.529 e. The van der Waals surface area contributed by atoms with Gasteiger partial charge >= 0.3 is 14.8 Å². The van der Waals surface area contributed by atoms with E-state index in [1.807, 2.05) is 6.92 Å². The Morgan fingerprint density at radius 2 is 1.75 bits per heavy atom. The van der Waals surface area contributed by atoms with Crippen molar-refractivity contribution >= 4 is 14.8 Å². The first-order valence-corrected chi connectivity index (χ1v) is 6.95. The molecule has 0 amide bonds. The predicted octanol–water partition coefficient (Wildman–Crippen LogP) is 1.30. The minimum Gasteiger partial charge on any atom is -0.463 e. The summed E-state index contributed by atoms with van der Waals surface area (Å²) in [5, 5.41) is 0. The van der Waals surface area contributed by atoms with Gasteiger partial charge in [-0.3, -0.25) is 0 Å². The zero-order valence-corrected chi connectivity index (χ0v) is 11.3. The Labute approximate surface area is 97.7 Å². The first kappa shape index (κ1) is 15.3. The Hall–Kier alpha value is -0.693. The molecule has 0 aromatic heterocycles. The van der Waals surface area contributed by atoms with E-state index in [9.17, 15) is 4.79 Å². The molecule has 0 saturated carbocycles. The molecule has 94 valence electrons. The molecule has 6 heteroatoms. The zero-order chi connectivity index (χ0) is 12.4. The maximum absolute atomic E-state index is 11.3. The molecule has 0 heterocycles. The van der Waals surface area contributed by atoms with Crippen molar-refractivity contribution in [2.24, 2.45) is 0 Å². The van der Waals surface area contributed by atoms with Crippen LogP contribution in [0.5, 0.6) is 0 Å². The van der Waals surface area contributed by atoms with Gasteiger partial charge in [-0.05, 0) is 12.1 Å². The maximum Gasteiger partial charge on any atom is 0.529 e. The van der Waals surface area contributed by atoms with E-state index in [2.05, 4.69) is 0 Å². The summed E-state index contributed by atoms with van der Waals surface area (Å²) in [4.78, 5) is 11.3. The quantitative estimate of drug-likeness (QED) is 0.280. The normalized spacial score (nSPS) is 12.0. The van der Waals surface area contributed by atoms with E-state index in [0.29, 0.717) is 6.61 Å². The van der Waals surface area contributed by atoms with Crippen LogP contribution in [0.3, 0.4) is 0 Å². The molecule has 0 aromatic carbocycles. The fourth-order valence-electron chi connectivity index (χ4n) is 0.989. The Bertz CT molecular complexity index is 217. The number of hydrogen-bond acceptors (Lipinski definition) is 5. The van der Waals surface area contributed by atoms with Crippen LogP contribution in [0.2, 0.25) is 0 Å². The second-order valence-electron chi connectivity index (χ2n) is 3.07. The van der Waals surface area contributed by atoms with Crippen LogP contribution in [0.1, 0.15) is 19.8 Å². The Balaban J connectivity index is 4.17. The Morgan fingerprint density at radius 1 is 1.19 bits per heavy atom. The minimum atomic E-state index is -2.81. The van der Waals surface area contributed by atoms with E-state index in [-0.39, 0.29) is 0 Å². The molecular weight excluding hydrogens is 228 g/mol. The molecule has 0 saturated heterocycles. The monoisotopic (exact) mass is 248 g/mol. The number of ether oxygens (including phenoxy) is 1. The first-order chi connectivity index (χ1) is 7.64. The van der Waals surface area contributed by atoms with Crippen LogP contribution in [0.4, 0.5) is 0 Å². The predicted molar refractivity (Wildman–Crippen MR) is 61.8 cm³/mol. The third-order valence-corrected chi connectivity index (χ3v) is 4.30. The van der Waals surface area contributed by atoms with Crippen molar-refractivity contribution in [3.8, 4) is 0 Å². The average Bonchev–Trinajstić information content (AvgIpc) is 2.32. The van der Waals surface area contributed by atoms with Gasteiger partial charge < -0.3 is 18.0 Å². The van der Waals surface area contributed by atoms with Crippen LogP contribution in [0.25, 0.3) is 0 Å². The number of carbonyl (C=O) groups excluding carboxylic acids is 1. The molecule has 0 spiro atoms. The van der Waals surface area contributed by atoms with Crippen molar-refractivity contribution in [3.63, 3.8) is 0 Å². The second-order valence-corrected chi connectivity index (χ2v) is 5.84. The lowest BCUT2D eigenvalue weighted by Gasteiger charge is -2.19. The molecule has 0 N–H and O–H groups in total. The van der Waals surface area contributed by atoms with Gasteiger partial charge in [0.1, 0.15) is 0 Å². The minimum absolute atomic E-state index is 0.406. The molecule has 0 radical (unpaired) electrons. The summed E-state index contributed by atoms with van der Waals surface area (Å²) in [7, 11) is 1.63. The summed E-state index contributed by atoms with van der Waals surface area (Å²) in [6, 6.07) is 0. The van der Waals surface area contributed by atoms with E-state index in [0.717, 1.165) is 12.8 Å². The molecule has 0 aliphatic heterocycles. The molecule has 0 aliphatic rings. The lowest BCUT2D eigenvalue weighted by atomic mass is 10.4. The third-order valence-electron chi connectivity index (χ3n) is 2.02. The number of carbonyl (C=O) groups is 1. The highest BCUT2D eigenvalue weighted by molar-refractivity contribution is 6.66. The summed E-state index contributed by atoms with van der Waals surface area (Å²) in [5.74, 6) is -0.406. The molecule has 0 aromatic rings. The number of unbranched alkanes of at least 4 members (excludes halogenated alkanes) is 1. The molecule has 16 heavy (non-hydrogen) atoms. The third kappa shape index (κ3) is 5.41. The van der Waals surface area contributed by atoms with E-state index >= 15 is 0 Å². The van der Waals surface area contributed by atoms with Crippen LogP contribution in [0, 0.1) is 0 Å². The van der Waals surface area contributed by atoms with Crippen LogP contribution in [-0.4, -0.2) is 42.7 Å². The smallest absolute Gasteiger partial charge is 0.463 e. The van der Waals surface area contributed by atoms with Gasteiger partial charge in [-0.15, -0.1) is 0 Å². The second kappa shape index (κ2) is 8.46. The van der Waals surface area contributed by atoms with Gasteiger partial charge in [-0.1, -0.05) is 13.3 Å². The maximum atomic E-state index is 11.3. The molecule has 5 nitrogen and oxygen atoms in total. The average molecular weight is 248 g/mol. The topological polar surface area (TPSA) is 54.0 Å². The summed E-state index contributed by atoms with van der Waals surface area (Å²) >= 11 is 0. The molecular formula is C10H20O5Si. The van der Waals surface area contributed by atoms with Gasteiger partial charge in [0, 0.05) is 27.4 Å². The van der Waals surface area contributed by atoms with Gasteiger partial charge in [-0.2, -0.15) is 0 Å². The number of esters is 1. The van der Waals surface area contributed by atoms with Crippen molar-refractivity contribution in [1.29, 1.82) is 0 Å². The lowest BCUT2D eigenvalue weighted by Crippen LogP contribution is -2.41. The summed E-state index contributed by atoms with van der Waals surface area (Å²) in [6.07, 6.45) is 3.14. The van der Waals surface area contributed by atoms with Gasteiger partial charge in [0.25, 0.3) is 0 Å². The van der Waals surface area contributed by atoms with Gasteiger partial charge in [0.2, 0.25) is 0 Å². The summed E-state index contributed by atoms with van der Waals surface area (Å²) < 4.78 is 20.3. The summed E-state index contributed by atoms with van der Waals surface area (Å²) in [6.45, 7) is 2.46. The lowest BCUT2D eigenvalue weighted by molar-refractivity contribution is -0.137. The Kier molecular flexibility index (Phi) is 8.09. The highest BCUT2D eigenvalue weighted by Crippen LogP contribution is 2.07. The zero-order valence-electron chi connectivity index (χ0n) is 10.3. The van der Waals surface area contributed by atoms with Crippen molar-refractivity contribution in [1.82, 2.24) is 0 Å². The van der Waals surface area contributed by atoms with Gasteiger partial charge in [-0.25, -0.2) is 4.79 Å². The van der Waals surface area contributed by atoms with E-state index in [4.69, 9.17) is 18.0 Å². The number of rotatable bonds is 8. The van der Waals surface area contributed by atoms with Gasteiger partial charge in [0.05, 0.1) is 6.61 Å². The highest BCUT2D eigenvalue weighted by Gasteiger charge is 2.34. The van der Waals surface area contributed by atoms with Crippen molar-refractivity contribution < 1.29 is 22.8 Å². The number of hydrogen-bond donors (Lipinski definition) is 0. The van der Waals surface area contributed by atoms with Crippen molar-refractivity contribution in [3.05, 3.63) is 11.8 Å². The highest BCUT2D eigenvalue weighted by atomic mass is 28.4.